The molecule has 2 heterocycles. The molecule has 1 saturated heterocycles. The number of aromatic nitrogens is 2. The third-order valence-electron chi connectivity index (χ3n) is 3.81. The summed E-state index contributed by atoms with van der Waals surface area (Å²) in [5, 5.41) is 0.141. The average Bonchev–Trinajstić information content (AvgIpc) is 2.55. The highest BCUT2D eigenvalue weighted by atomic mass is 35.5. The molecule has 7 heteroatoms. The van der Waals surface area contributed by atoms with Crippen LogP contribution in [0.2, 0.25) is 5.02 Å². The fourth-order valence-corrected chi connectivity index (χ4v) is 2.85. The molecule has 5 nitrogen and oxygen atoms in total. The summed E-state index contributed by atoms with van der Waals surface area (Å²) in [4.78, 5) is 24.7. The molecule has 1 amide bonds. The van der Waals surface area contributed by atoms with Crippen molar-refractivity contribution in [3.63, 3.8) is 0 Å². The second-order valence-corrected chi connectivity index (χ2v) is 5.80. The van der Waals surface area contributed by atoms with Crippen LogP contribution in [0.15, 0.2) is 30.6 Å². The van der Waals surface area contributed by atoms with Crippen molar-refractivity contribution in [3.8, 4) is 0 Å². The van der Waals surface area contributed by atoms with Crippen LogP contribution in [0.3, 0.4) is 0 Å². The van der Waals surface area contributed by atoms with Gasteiger partial charge in [-0.25, -0.2) is 9.37 Å². The van der Waals surface area contributed by atoms with Gasteiger partial charge in [-0.1, -0.05) is 17.7 Å². The van der Waals surface area contributed by atoms with Crippen LogP contribution >= 0.6 is 11.6 Å². The van der Waals surface area contributed by atoms with Gasteiger partial charge in [0.05, 0.1) is 22.5 Å². The highest BCUT2D eigenvalue weighted by Gasteiger charge is 2.26. The van der Waals surface area contributed by atoms with Gasteiger partial charge < -0.3 is 9.80 Å². The molecule has 0 saturated carbocycles. The van der Waals surface area contributed by atoms with Gasteiger partial charge in [-0.05, 0) is 19.1 Å². The van der Waals surface area contributed by atoms with E-state index in [0.717, 1.165) is 11.5 Å². The first-order valence-electron chi connectivity index (χ1n) is 7.33. The summed E-state index contributed by atoms with van der Waals surface area (Å²) in [6.45, 7) is 4.10. The lowest BCUT2D eigenvalue weighted by Crippen LogP contribution is -2.49. The first kappa shape index (κ1) is 15.7. The molecule has 1 aromatic heterocycles. The van der Waals surface area contributed by atoms with Gasteiger partial charge >= 0.3 is 0 Å². The number of carbonyl (C=O) groups excluding carboxylic acids is 1. The van der Waals surface area contributed by atoms with E-state index in [1.807, 2.05) is 6.92 Å². The summed E-state index contributed by atoms with van der Waals surface area (Å²) in [5.41, 5.74) is 0.789. The minimum Gasteiger partial charge on any atom is -0.352 e. The highest BCUT2D eigenvalue weighted by molar-refractivity contribution is 6.33. The lowest BCUT2D eigenvalue weighted by molar-refractivity contribution is 0.0742. The Balaban J connectivity index is 1.70. The molecule has 1 aromatic carbocycles. The van der Waals surface area contributed by atoms with Crippen LogP contribution in [0.25, 0.3) is 0 Å². The Morgan fingerprint density at radius 3 is 2.61 bits per heavy atom. The normalized spacial score (nSPS) is 14.9. The monoisotopic (exact) mass is 334 g/mol. The summed E-state index contributed by atoms with van der Waals surface area (Å²) in [6, 6.07) is 4.26. The molecule has 0 bridgehead atoms. The number of benzene rings is 1. The Hall–Kier alpha value is -2.21. The smallest absolute Gasteiger partial charge is 0.258 e. The molecule has 1 aliphatic rings. The van der Waals surface area contributed by atoms with Crippen molar-refractivity contribution in [2.75, 3.05) is 31.1 Å². The van der Waals surface area contributed by atoms with Gasteiger partial charge in [-0.3, -0.25) is 9.78 Å². The maximum absolute atomic E-state index is 13.9. The summed E-state index contributed by atoms with van der Waals surface area (Å²) in [6.07, 6.45) is 3.40. The summed E-state index contributed by atoms with van der Waals surface area (Å²) in [7, 11) is 0. The minimum absolute atomic E-state index is 0.0574. The largest absolute Gasteiger partial charge is 0.352 e. The van der Waals surface area contributed by atoms with Gasteiger partial charge in [0.1, 0.15) is 11.6 Å². The zero-order chi connectivity index (χ0) is 16.4. The zero-order valence-corrected chi connectivity index (χ0v) is 13.4. The van der Waals surface area contributed by atoms with Crippen LogP contribution < -0.4 is 4.90 Å². The SMILES string of the molecule is Cc1cncc(N2CCN(C(=O)c3c(F)cccc3Cl)CC2)n1. The molecule has 3 rings (SSSR count). The number of halogens is 2. The first-order chi connectivity index (χ1) is 11.1. The van der Waals surface area contributed by atoms with Crippen molar-refractivity contribution in [1.29, 1.82) is 0 Å². The van der Waals surface area contributed by atoms with E-state index in [-0.39, 0.29) is 16.5 Å². The molecule has 23 heavy (non-hydrogen) atoms. The van der Waals surface area contributed by atoms with Crippen LogP contribution in [0, 0.1) is 12.7 Å². The fraction of sp³-hybridized carbons (Fsp3) is 0.312. The Morgan fingerprint density at radius 2 is 1.96 bits per heavy atom. The molecule has 0 spiro atoms. The van der Waals surface area contributed by atoms with Crippen LogP contribution in [-0.2, 0) is 0 Å². The molecule has 120 valence electrons. The predicted molar refractivity (Wildman–Crippen MR) is 86.3 cm³/mol. The number of aryl methyl sites for hydroxylation is 1. The standard InChI is InChI=1S/C16H16ClFN4O/c1-11-9-19-10-14(20-11)21-5-7-22(8-6-21)16(23)15-12(17)3-2-4-13(15)18/h2-4,9-10H,5-8H2,1H3. The number of carbonyl (C=O) groups is 1. The summed E-state index contributed by atoms with van der Waals surface area (Å²) >= 11 is 5.97. The number of rotatable bonds is 2. The summed E-state index contributed by atoms with van der Waals surface area (Å²) in [5.74, 6) is -0.168. The Morgan fingerprint density at radius 1 is 1.22 bits per heavy atom. The van der Waals surface area contributed by atoms with E-state index < -0.39 is 5.82 Å². The van der Waals surface area contributed by atoms with Crippen molar-refractivity contribution in [1.82, 2.24) is 14.9 Å². The molecule has 0 aliphatic carbocycles. The molecule has 0 unspecified atom stereocenters. The number of nitrogens with zero attached hydrogens (tertiary/aromatic N) is 4. The van der Waals surface area contributed by atoms with E-state index in [4.69, 9.17) is 11.6 Å². The molecule has 0 radical (unpaired) electrons. The highest BCUT2D eigenvalue weighted by Crippen LogP contribution is 2.22. The second-order valence-electron chi connectivity index (χ2n) is 5.39. The number of amides is 1. The molecule has 1 fully saturated rings. The molecule has 0 atom stereocenters. The van der Waals surface area contributed by atoms with Crippen molar-refractivity contribution in [2.24, 2.45) is 0 Å². The lowest BCUT2D eigenvalue weighted by Gasteiger charge is -2.35. The van der Waals surface area contributed by atoms with Crippen LogP contribution in [0.1, 0.15) is 16.1 Å². The molecule has 1 aliphatic heterocycles. The maximum Gasteiger partial charge on any atom is 0.258 e. The van der Waals surface area contributed by atoms with Crippen molar-refractivity contribution >= 4 is 23.3 Å². The van der Waals surface area contributed by atoms with Gasteiger partial charge in [0.2, 0.25) is 0 Å². The van der Waals surface area contributed by atoms with Crippen molar-refractivity contribution in [3.05, 3.63) is 52.7 Å². The second kappa shape index (κ2) is 6.50. The number of hydrogen-bond donors (Lipinski definition) is 0. The Bertz CT molecular complexity index is 712. The Kier molecular flexibility index (Phi) is 4.43. The third kappa shape index (κ3) is 3.27. The average molecular weight is 335 g/mol. The van der Waals surface area contributed by atoms with Gasteiger partial charge in [-0.15, -0.1) is 0 Å². The van der Waals surface area contributed by atoms with E-state index in [9.17, 15) is 9.18 Å². The maximum atomic E-state index is 13.9. The molecular weight excluding hydrogens is 319 g/mol. The zero-order valence-electron chi connectivity index (χ0n) is 12.7. The topological polar surface area (TPSA) is 49.3 Å². The van der Waals surface area contributed by atoms with Gasteiger partial charge in [0.15, 0.2) is 0 Å². The van der Waals surface area contributed by atoms with Crippen LogP contribution in [0.5, 0.6) is 0 Å². The van der Waals surface area contributed by atoms with Gasteiger partial charge in [0, 0.05) is 32.4 Å². The molecule has 2 aromatic rings. The van der Waals surface area contributed by atoms with E-state index in [1.165, 1.54) is 18.2 Å². The van der Waals surface area contributed by atoms with Crippen LogP contribution in [-0.4, -0.2) is 47.0 Å². The number of anilines is 1. The van der Waals surface area contributed by atoms with E-state index in [0.29, 0.717) is 26.2 Å². The third-order valence-corrected chi connectivity index (χ3v) is 4.12. The summed E-state index contributed by atoms with van der Waals surface area (Å²) < 4.78 is 13.9. The lowest BCUT2D eigenvalue weighted by atomic mass is 10.1. The minimum atomic E-state index is -0.588. The van der Waals surface area contributed by atoms with Gasteiger partial charge in [0.25, 0.3) is 5.91 Å². The number of piperazine rings is 1. The molecular formula is C16H16ClFN4O. The van der Waals surface area contributed by atoms with E-state index >= 15 is 0 Å². The quantitative estimate of drug-likeness (QED) is 0.847. The van der Waals surface area contributed by atoms with Crippen LogP contribution in [0.4, 0.5) is 10.2 Å². The number of hydrogen-bond acceptors (Lipinski definition) is 4. The van der Waals surface area contributed by atoms with Crippen molar-refractivity contribution < 1.29 is 9.18 Å². The van der Waals surface area contributed by atoms with E-state index in [1.54, 1.807) is 17.3 Å². The van der Waals surface area contributed by atoms with E-state index in [2.05, 4.69) is 14.9 Å². The fourth-order valence-electron chi connectivity index (χ4n) is 2.60. The molecule has 0 N–H and O–H groups in total. The predicted octanol–water partition coefficient (Wildman–Crippen LogP) is 2.54. The Labute approximate surface area is 138 Å². The van der Waals surface area contributed by atoms with Crippen molar-refractivity contribution in [2.45, 2.75) is 6.92 Å². The first-order valence-corrected chi connectivity index (χ1v) is 7.71. The van der Waals surface area contributed by atoms with Gasteiger partial charge in [-0.2, -0.15) is 0 Å².